The first-order chi connectivity index (χ1) is 8.91. The molecule has 5 nitrogen and oxygen atoms in total. The van der Waals surface area contributed by atoms with E-state index in [1.807, 2.05) is 4.68 Å². The van der Waals surface area contributed by atoms with Crippen molar-refractivity contribution >= 4 is 17.2 Å². The zero-order chi connectivity index (χ0) is 14.0. The number of nitrogens with zero attached hydrogens (tertiary/aromatic N) is 4. The first-order valence-corrected chi connectivity index (χ1v) is 7.42. The van der Waals surface area contributed by atoms with E-state index in [-0.39, 0.29) is 5.41 Å². The number of nitrogen functional groups attached to an aromatic ring is 1. The fraction of sp³-hybridized carbons (Fsp3) is 0.615. The van der Waals surface area contributed by atoms with Crippen LogP contribution >= 0.6 is 11.3 Å². The average Bonchev–Trinajstić information content (AvgIpc) is 2.90. The molecule has 6 heteroatoms. The Morgan fingerprint density at radius 1 is 1.37 bits per heavy atom. The monoisotopic (exact) mass is 279 g/mol. The highest BCUT2D eigenvalue weighted by atomic mass is 32.1. The molecule has 0 radical (unpaired) electrons. The van der Waals surface area contributed by atoms with Gasteiger partial charge >= 0.3 is 0 Å². The van der Waals surface area contributed by atoms with E-state index < -0.39 is 0 Å². The van der Waals surface area contributed by atoms with E-state index in [0.29, 0.717) is 12.4 Å². The molecule has 0 saturated carbocycles. The van der Waals surface area contributed by atoms with Crippen molar-refractivity contribution < 1.29 is 0 Å². The zero-order valence-corrected chi connectivity index (χ0v) is 12.8. The van der Waals surface area contributed by atoms with Crippen LogP contribution < -0.4 is 5.73 Å². The summed E-state index contributed by atoms with van der Waals surface area (Å²) in [4.78, 5) is 4.68. The number of thiazole rings is 1. The highest BCUT2D eigenvalue weighted by molar-refractivity contribution is 7.09. The predicted octanol–water partition coefficient (Wildman–Crippen LogP) is 2.62. The lowest BCUT2D eigenvalue weighted by Crippen LogP contribution is -2.12. The molecule has 104 valence electrons. The van der Waals surface area contributed by atoms with E-state index in [1.54, 1.807) is 11.3 Å². The van der Waals surface area contributed by atoms with Crippen LogP contribution in [0.2, 0.25) is 0 Å². The van der Waals surface area contributed by atoms with Gasteiger partial charge in [0.25, 0.3) is 0 Å². The highest BCUT2D eigenvalue weighted by Gasteiger charge is 2.18. The summed E-state index contributed by atoms with van der Waals surface area (Å²) in [6.45, 7) is 9.28. The molecule has 0 fully saturated rings. The van der Waals surface area contributed by atoms with Crippen LogP contribution in [0.1, 0.15) is 50.5 Å². The standard InChI is InChI=1S/C13H21N5S/c1-5-6-10-11(14)16-17-18(10)7-9-8-19-12(15-9)13(2,3)4/h8H,5-7,14H2,1-4H3. The number of hydrogen-bond donors (Lipinski definition) is 1. The molecule has 2 heterocycles. The van der Waals surface area contributed by atoms with Crippen LogP contribution in [0.5, 0.6) is 0 Å². The SMILES string of the molecule is CCCc1c(N)nnn1Cc1csc(C(C)(C)C)n1. The fourth-order valence-corrected chi connectivity index (χ4v) is 2.74. The second-order valence-electron chi connectivity index (χ2n) is 5.72. The predicted molar refractivity (Wildman–Crippen MR) is 78.3 cm³/mol. The summed E-state index contributed by atoms with van der Waals surface area (Å²) < 4.78 is 1.86. The van der Waals surface area contributed by atoms with Gasteiger partial charge in [-0.2, -0.15) is 0 Å². The fourth-order valence-electron chi connectivity index (χ4n) is 1.84. The molecular formula is C13H21N5S. The first-order valence-electron chi connectivity index (χ1n) is 6.54. The van der Waals surface area contributed by atoms with E-state index in [0.717, 1.165) is 29.2 Å². The number of aromatic nitrogens is 4. The molecule has 0 aliphatic carbocycles. The highest BCUT2D eigenvalue weighted by Crippen LogP contribution is 2.26. The van der Waals surface area contributed by atoms with Crippen LogP contribution in [0.3, 0.4) is 0 Å². The molecule has 2 aromatic rings. The second-order valence-corrected chi connectivity index (χ2v) is 6.58. The summed E-state index contributed by atoms with van der Waals surface area (Å²) in [5.74, 6) is 0.535. The van der Waals surface area contributed by atoms with E-state index in [2.05, 4.69) is 48.4 Å². The van der Waals surface area contributed by atoms with Gasteiger partial charge in [0.1, 0.15) is 0 Å². The summed E-state index contributed by atoms with van der Waals surface area (Å²) in [6, 6.07) is 0. The number of anilines is 1. The minimum Gasteiger partial charge on any atom is -0.381 e. The minimum atomic E-state index is 0.0938. The molecule has 2 N–H and O–H groups in total. The molecule has 2 aromatic heterocycles. The van der Waals surface area contributed by atoms with Crippen LogP contribution in [0, 0.1) is 0 Å². The first kappa shape index (κ1) is 14.0. The van der Waals surface area contributed by atoms with Gasteiger partial charge in [-0.1, -0.05) is 39.3 Å². The maximum Gasteiger partial charge on any atom is 0.169 e. The zero-order valence-electron chi connectivity index (χ0n) is 12.0. The summed E-state index contributed by atoms with van der Waals surface area (Å²) in [7, 11) is 0. The van der Waals surface area contributed by atoms with E-state index in [4.69, 9.17) is 5.73 Å². The molecule has 0 spiro atoms. The lowest BCUT2D eigenvalue weighted by atomic mass is 9.98. The van der Waals surface area contributed by atoms with Crippen molar-refractivity contribution in [1.82, 2.24) is 20.0 Å². The Labute approximate surface area is 117 Å². The minimum absolute atomic E-state index is 0.0938. The number of nitrogens with two attached hydrogens (primary N) is 1. The maximum atomic E-state index is 5.84. The molecule has 0 unspecified atom stereocenters. The van der Waals surface area contributed by atoms with Gasteiger partial charge in [-0.05, 0) is 6.42 Å². The van der Waals surface area contributed by atoms with Gasteiger partial charge in [-0.25, -0.2) is 9.67 Å². The molecule has 0 bridgehead atoms. The third-order valence-corrected chi connectivity index (χ3v) is 4.18. The van der Waals surface area contributed by atoms with E-state index in [9.17, 15) is 0 Å². The summed E-state index contributed by atoms with van der Waals surface area (Å²) in [5.41, 5.74) is 7.97. The average molecular weight is 279 g/mol. The topological polar surface area (TPSA) is 69.6 Å². The third kappa shape index (κ3) is 3.12. The molecule has 0 aliphatic rings. The van der Waals surface area contributed by atoms with Crippen molar-refractivity contribution in [2.45, 2.75) is 52.5 Å². The van der Waals surface area contributed by atoms with Crippen LogP contribution in [-0.4, -0.2) is 20.0 Å². The molecular weight excluding hydrogens is 258 g/mol. The summed E-state index contributed by atoms with van der Waals surface area (Å²) in [6.07, 6.45) is 1.93. The van der Waals surface area contributed by atoms with Crippen molar-refractivity contribution in [2.24, 2.45) is 0 Å². The van der Waals surface area contributed by atoms with Crippen molar-refractivity contribution in [1.29, 1.82) is 0 Å². The summed E-state index contributed by atoms with van der Waals surface area (Å²) >= 11 is 1.70. The second kappa shape index (κ2) is 5.28. The van der Waals surface area contributed by atoms with Gasteiger partial charge in [-0.3, -0.25) is 0 Å². The molecule has 19 heavy (non-hydrogen) atoms. The van der Waals surface area contributed by atoms with Gasteiger partial charge in [-0.15, -0.1) is 16.4 Å². The Kier molecular flexibility index (Phi) is 3.89. The van der Waals surface area contributed by atoms with Crippen LogP contribution in [0.15, 0.2) is 5.38 Å². The van der Waals surface area contributed by atoms with Gasteiger partial charge in [0.05, 0.1) is 22.9 Å². The molecule has 0 saturated heterocycles. The molecule has 0 amide bonds. The lowest BCUT2D eigenvalue weighted by molar-refractivity contribution is 0.572. The quantitative estimate of drug-likeness (QED) is 0.934. The van der Waals surface area contributed by atoms with Crippen molar-refractivity contribution in [3.63, 3.8) is 0 Å². The number of hydrogen-bond acceptors (Lipinski definition) is 5. The Balaban J connectivity index is 2.20. The maximum absolute atomic E-state index is 5.84. The van der Waals surface area contributed by atoms with Gasteiger partial charge < -0.3 is 5.73 Å². The van der Waals surface area contributed by atoms with Crippen molar-refractivity contribution in [3.8, 4) is 0 Å². The van der Waals surface area contributed by atoms with Crippen molar-refractivity contribution in [2.75, 3.05) is 5.73 Å². The third-order valence-electron chi connectivity index (χ3n) is 2.86. The van der Waals surface area contributed by atoms with Crippen molar-refractivity contribution in [3.05, 3.63) is 21.8 Å². The molecule has 0 atom stereocenters. The summed E-state index contributed by atoms with van der Waals surface area (Å²) in [5, 5.41) is 11.3. The Hall–Kier alpha value is -1.43. The largest absolute Gasteiger partial charge is 0.381 e. The Morgan fingerprint density at radius 3 is 2.68 bits per heavy atom. The van der Waals surface area contributed by atoms with Gasteiger partial charge in [0.15, 0.2) is 5.82 Å². The van der Waals surface area contributed by atoms with Crippen LogP contribution in [0.4, 0.5) is 5.82 Å². The van der Waals surface area contributed by atoms with E-state index >= 15 is 0 Å². The van der Waals surface area contributed by atoms with Gasteiger partial charge in [0.2, 0.25) is 0 Å². The van der Waals surface area contributed by atoms with Crippen LogP contribution in [0.25, 0.3) is 0 Å². The lowest BCUT2D eigenvalue weighted by Gasteiger charge is -2.13. The molecule has 0 aliphatic heterocycles. The number of rotatable bonds is 4. The normalized spacial score (nSPS) is 12.0. The Morgan fingerprint density at radius 2 is 2.11 bits per heavy atom. The van der Waals surface area contributed by atoms with Gasteiger partial charge in [0, 0.05) is 10.8 Å². The van der Waals surface area contributed by atoms with Crippen LogP contribution in [-0.2, 0) is 18.4 Å². The Bertz CT molecular complexity index is 550. The molecule has 0 aromatic carbocycles. The van der Waals surface area contributed by atoms with E-state index in [1.165, 1.54) is 0 Å². The smallest absolute Gasteiger partial charge is 0.169 e. The molecule has 2 rings (SSSR count).